The van der Waals surface area contributed by atoms with Gasteiger partial charge in [-0.15, -0.1) is 0 Å². The van der Waals surface area contributed by atoms with Crippen molar-refractivity contribution in [3.8, 4) is 11.8 Å². The van der Waals surface area contributed by atoms with E-state index in [1.54, 1.807) is 13.0 Å². The van der Waals surface area contributed by atoms with Crippen molar-refractivity contribution in [2.75, 3.05) is 6.61 Å². The highest BCUT2D eigenvalue weighted by Gasteiger charge is 2.14. The molecule has 1 N–H and O–H groups in total. The van der Waals surface area contributed by atoms with E-state index in [2.05, 4.69) is 0 Å². The molecule has 0 atom stereocenters. The van der Waals surface area contributed by atoms with Gasteiger partial charge in [-0.05, 0) is 19.1 Å². The number of aromatic hydroxyl groups is 1. The van der Waals surface area contributed by atoms with Crippen LogP contribution in [0, 0.1) is 11.3 Å². The highest BCUT2D eigenvalue weighted by molar-refractivity contribution is 5.93. The number of benzene rings is 1. The number of rotatable bonds is 2. The quantitative estimate of drug-likeness (QED) is 0.718. The molecule has 0 unspecified atom stereocenters. The second-order valence-electron chi connectivity index (χ2n) is 2.53. The minimum absolute atomic E-state index is 0.0194. The molecule has 0 radical (unpaired) electrons. The van der Waals surface area contributed by atoms with Crippen LogP contribution < -0.4 is 0 Å². The van der Waals surface area contributed by atoms with Crippen LogP contribution in [-0.2, 0) is 4.74 Å². The zero-order chi connectivity index (χ0) is 10.6. The summed E-state index contributed by atoms with van der Waals surface area (Å²) in [6.07, 6.45) is 0. The molecule has 0 spiro atoms. The average Bonchev–Trinajstić information content (AvgIpc) is 2.18. The number of nitriles is 1. The topological polar surface area (TPSA) is 70.3 Å². The molecule has 0 heterocycles. The van der Waals surface area contributed by atoms with Crippen LogP contribution in [0.15, 0.2) is 18.2 Å². The largest absolute Gasteiger partial charge is 0.506 e. The van der Waals surface area contributed by atoms with Gasteiger partial charge in [0.2, 0.25) is 0 Å². The van der Waals surface area contributed by atoms with Crippen molar-refractivity contribution in [2.45, 2.75) is 6.92 Å². The molecule has 4 heteroatoms. The van der Waals surface area contributed by atoms with Gasteiger partial charge in [-0.2, -0.15) is 5.26 Å². The first kappa shape index (κ1) is 10.1. The van der Waals surface area contributed by atoms with Crippen molar-refractivity contribution in [2.24, 2.45) is 0 Å². The third-order valence-corrected chi connectivity index (χ3v) is 1.65. The maximum absolute atomic E-state index is 11.2. The molecule has 0 amide bonds. The Hall–Kier alpha value is -2.02. The zero-order valence-electron chi connectivity index (χ0n) is 7.65. The van der Waals surface area contributed by atoms with Gasteiger partial charge in [0.25, 0.3) is 0 Å². The Balaban J connectivity index is 3.11. The van der Waals surface area contributed by atoms with Crippen molar-refractivity contribution in [3.63, 3.8) is 0 Å². The molecular formula is C10H9NO3. The Morgan fingerprint density at radius 1 is 1.64 bits per heavy atom. The lowest BCUT2D eigenvalue weighted by molar-refractivity contribution is 0.0523. The molecule has 4 nitrogen and oxygen atoms in total. The summed E-state index contributed by atoms with van der Waals surface area (Å²) >= 11 is 0. The van der Waals surface area contributed by atoms with Crippen LogP contribution in [0.3, 0.4) is 0 Å². The van der Waals surface area contributed by atoms with E-state index in [1.165, 1.54) is 18.2 Å². The predicted molar refractivity (Wildman–Crippen MR) is 48.8 cm³/mol. The molecule has 0 aliphatic heterocycles. The summed E-state index contributed by atoms with van der Waals surface area (Å²) in [6, 6.07) is 6.13. The van der Waals surface area contributed by atoms with Crippen molar-refractivity contribution < 1.29 is 14.6 Å². The Labute approximate surface area is 81.4 Å². The predicted octanol–water partition coefficient (Wildman–Crippen LogP) is 1.44. The first-order valence-electron chi connectivity index (χ1n) is 4.10. The van der Waals surface area contributed by atoms with Crippen LogP contribution in [0.4, 0.5) is 0 Å². The van der Waals surface area contributed by atoms with Gasteiger partial charge >= 0.3 is 5.97 Å². The fraction of sp³-hybridized carbons (Fsp3) is 0.200. The fourth-order valence-electron chi connectivity index (χ4n) is 1.01. The van der Waals surface area contributed by atoms with Gasteiger partial charge < -0.3 is 9.84 Å². The van der Waals surface area contributed by atoms with Crippen LogP contribution in [0.1, 0.15) is 22.8 Å². The molecule has 1 rings (SSSR count). The Morgan fingerprint density at radius 2 is 2.36 bits per heavy atom. The van der Waals surface area contributed by atoms with Crippen molar-refractivity contribution in [1.82, 2.24) is 0 Å². The van der Waals surface area contributed by atoms with E-state index in [0.717, 1.165) is 0 Å². The smallest absolute Gasteiger partial charge is 0.341 e. The maximum Gasteiger partial charge on any atom is 0.341 e. The lowest BCUT2D eigenvalue weighted by Gasteiger charge is -2.04. The van der Waals surface area contributed by atoms with Gasteiger partial charge in [-0.1, -0.05) is 6.07 Å². The van der Waals surface area contributed by atoms with Gasteiger partial charge in [0, 0.05) is 0 Å². The lowest BCUT2D eigenvalue weighted by Crippen LogP contribution is -2.05. The highest BCUT2D eigenvalue weighted by Crippen LogP contribution is 2.22. The Bertz CT molecular complexity index is 393. The normalized spacial score (nSPS) is 9.14. The molecule has 0 saturated carbocycles. The molecule has 1 aromatic rings. The highest BCUT2D eigenvalue weighted by atomic mass is 16.5. The number of nitrogens with zero attached hydrogens (tertiary/aromatic N) is 1. The van der Waals surface area contributed by atoms with Crippen molar-refractivity contribution in [3.05, 3.63) is 29.3 Å². The van der Waals surface area contributed by atoms with E-state index in [1.807, 2.05) is 0 Å². The average molecular weight is 191 g/mol. The van der Waals surface area contributed by atoms with Crippen LogP contribution in [-0.4, -0.2) is 17.7 Å². The van der Waals surface area contributed by atoms with Crippen LogP contribution in [0.25, 0.3) is 0 Å². The molecule has 0 saturated heterocycles. The summed E-state index contributed by atoms with van der Waals surface area (Å²) in [7, 11) is 0. The van der Waals surface area contributed by atoms with Crippen molar-refractivity contribution >= 4 is 5.97 Å². The first-order valence-corrected chi connectivity index (χ1v) is 4.10. The van der Waals surface area contributed by atoms with E-state index in [-0.39, 0.29) is 23.5 Å². The van der Waals surface area contributed by atoms with E-state index in [9.17, 15) is 9.90 Å². The van der Waals surface area contributed by atoms with E-state index < -0.39 is 5.97 Å². The summed E-state index contributed by atoms with van der Waals surface area (Å²) < 4.78 is 4.70. The molecular weight excluding hydrogens is 182 g/mol. The van der Waals surface area contributed by atoms with Gasteiger partial charge in [-0.3, -0.25) is 0 Å². The maximum atomic E-state index is 11.2. The zero-order valence-corrected chi connectivity index (χ0v) is 7.65. The Kier molecular flexibility index (Phi) is 3.08. The third kappa shape index (κ3) is 1.83. The van der Waals surface area contributed by atoms with Crippen LogP contribution >= 0.6 is 0 Å². The number of hydrogen-bond acceptors (Lipinski definition) is 4. The molecule has 0 aromatic heterocycles. The van der Waals surface area contributed by atoms with Gasteiger partial charge in [-0.25, -0.2) is 4.79 Å². The fourth-order valence-corrected chi connectivity index (χ4v) is 1.01. The molecule has 0 bridgehead atoms. The van der Waals surface area contributed by atoms with Gasteiger partial charge in [0.05, 0.1) is 12.2 Å². The monoisotopic (exact) mass is 191 g/mol. The second kappa shape index (κ2) is 4.28. The van der Waals surface area contributed by atoms with E-state index in [0.29, 0.717) is 0 Å². The molecule has 0 aliphatic carbocycles. The minimum atomic E-state index is -0.623. The number of carbonyl (C=O) groups excluding carboxylic acids is 1. The number of phenolic OH excluding ortho intramolecular Hbond substituents is 1. The molecule has 14 heavy (non-hydrogen) atoms. The number of phenols is 1. The van der Waals surface area contributed by atoms with E-state index in [4.69, 9.17) is 10.00 Å². The molecule has 0 fully saturated rings. The summed E-state index contributed by atoms with van der Waals surface area (Å²) in [5.74, 6) is -0.949. The number of para-hydroxylation sites is 1. The number of carbonyl (C=O) groups is 1. The van der Waals surface area contributed by atoms with Crippen LogP contribution in [0.2, 0.25) is 0 Å². The van der Waals surface area contributed by atoms with E-state index >= 15 is 0 Å². The summed E-state index contributed by atoms with van der Waals surface area (Å²) in [5.41, 5.74) is 0.0847. The second-order valence-corrected chi connectivity index (χ2v) is 2.53. The van der Waals surface area contributed by atoms with Crippen LogP contribution in [0.5, 0.6) is 5.75 Å². The molecule has 72 valence electrons. The molecule has 1 aromatic carbocycles. The number of ether oxygens (including phenoxy) is 1. The lowest BCUT2D eigenvalue weighted by atomic mass is 10.1. The SMILES string of the molecule is CCOC(=O)c1cccc(C#N)c1O. The van der Waals surface area contributed by atoms with Gasteiger partial charge in [0.15, 0.2) is 0 Å². The third-order valence-electron chi connectivity index (χ3n) is 1.65. The minimum Gasteiger partial charge on any atom is -0.506 e. The first-order chi connectivity index (χ1) is 6.70. The van der Waals surface area contributed by atoms with Gasteiger partial charge in [0.1, 0.15) is 17.4 Å². The number of esters is 1. The van der Waals surface area contributed by atoms with Crippen molar-refractivity contribution in [1.29, 1.82) is 5.26 Å². The summed E-state index contributed by atoms with van der Waals surface area (Å²) in [4.78, 5) is 11.2. The Morgan fingerprint density at radius 3 is 2.93 bits per heavy atom. The number of hydrogen-bond donors (Lipinski definition) is 1. The standard InChI is InChI=1S/C10H9NO3/c1-2-14-10(13)8-5-3-4-7(6-11)9(8)12/h3-5,12H,2H2,1H3. The summed E-state index contributed by atoms with van der Waals surface area (Å²) in [6.45, 7) is 1.90. The summed E-state index contributed by atoms with van der Waals surface area (Å²) in [5, 5.41) is 18.1. The molecule has 0 aliphatic rings.